The highest BCUT2D eigenvalue weighted by Crippen LogP contribution is 2.37. The van der Waals surface area contributed by atoms with E-state index in [1.807, 2.05) is 0 Å². The highest BCUT2D eigenvalue weighted by atomic mass is 19.3. The summed E-state index contributed by atoms with van der Waals surface area (Å²) in [5.74, 6) is -0.666. The zero-order valence-corrected chi connectivity index (χ0v) is 10.8. The predicted octanol–water partition coefficient (Wildman–Crippen LogP) is 3.62. The Morgan fingerprint density at radius 3 is 2.81 bits per heavy atom. The second-order valence-corrected chi connectivity index (χ2v) is 4.83. The van der Waals surface area contributed by atoms with Gasteiger partial charge in [-0.3, -0.25) is 4.79 Å². The molecule has 3 nitrogen and oxygen atoms in total. The minimum Gasteiger partial charge on any atom is -0.366 e. The van der Waals surface area contributed by atoms with Gasteiger partial charge in [-0.2, -0.15) is 4.39 Å². The maximum atomic E-state index is 13.4. The Kier molecular flexibility index (Phi) is 3.44. The van der Waals surface area contributed by atoms with E-state index >= 15 is 0 Å². The van der Waals surface area contributed by atoms with Crippen LogP contribution in [0.2, 0.25) is 0 Å². The van der Waals surface area contributed by atoms with Gasteiger partial charge in [0, 0.05) is 24.1 Å². The van der Waals surface area contributed by atoms with Crippen molar-refractivity contribution in [2.75, 3.05) is 6.61 Å². The van der Waals surface area contributed by atoms with Crippen molar-refractivity contribution >= 4 is 16.9 Å². The maximum Gasteiger partial charge on any atom is 0.334 e. The number of halogens is 4. The SMILES string of the molecule is O=C(F)c1c2n(c3ccc(F)cc13)CCCOC2C(F)F. The number of fused-ring (bicyclic) bond motifs is 3. The van der Waals surface area contributed by atoms with E-state index in [4.69, 9.17) is 4.74 Å². The average molecular weight is 301 g/mol. The molecule has 1 aromatic heterocycles. The topological polar surface area (TPSA) is 31.2 Å². The van der Waals surface area contributed by atoms with Gasteiger partial charge in [0.15, 0.2) is 6.10 Å². The van der Waals surface area contributed by atoms with E-state index in [1.165, 1.54) is 10.6 Å². The molecule has 1 aliphatic rings. The van der Waals surface area contributed by atoms with Crippen molar-refractivity contribution in [3.05, 3.63) is 35.3 Å². The molecule has 0 aliphatic carbocycles. The molecule has 3 rings (SSSR count). The van der Waals surface area contributed by atoms with Crippen LogP contribution in [0.3, 0.4) is 0 Å². The van der Waals surface area contributed by atoms with Gasteiger partial charge >= 0.3 is 6.04 Å². The second-order valence-electron chi connectivity index (χ2n) is 4.83. The van der Waals surface area contributed by atoms with Crippen LogP contribution >= 0.6 is 0 Å². The number of alkyl halides is 2. The molecule has 0 bridgehead atoms. The summed E-state index contributed by atoms with van der Waals surface area (Å²) in [7, 11) is 0. The standard InChI is InChI=1S/C14H11F4NO2/c15-7-2-3-9-8(6-7)10(14(18)20)11-12(13(16)17)21-5-1-4-19(9)11/h2-3,6,12-13H,1,4-5H2. The lowest BCUT2D eigenvalue weighted by Gasteiger charge is -2.16. The van der Waals surface area contributed by atoms with Crippen LogP contribution in [0.1, 0.15) is 28.6 Å². The van der Waals surface area contributed by atoms with Gasteiger partial charge in [0.05, 0.1) is 11.3 Å². The van der Waals surface area contributed by atoms with Gasteiger partial charge < -0.3 is 9.30 Å². The molecule has 2 heterocycles. The van der Waals surface area contributed by atoms with Crippen molar-refractivity contribution in [1.82, 2.24) is 4.57 Å². The summed E-state index contributed by atoms with van der Waals surface area (Å²) < 4.78 is 59.6. The van der Waals surface area contributed by atoms with Gasteiger partial charge in [-0.1, -0.05) is 0 Å². The molecule has 0 saturated heterocycles. The van der Waals surface area contributed by atoms with Crippen LogP contribution in [0.25, 0.3) is 10.9 Å². The Morgan fingerprint density at radius 1 is 1.38 bits per heavy atom. The summed E-state index contributed by atoms with van der Waals surface area (Å²) in [6.07, 6.45) is -4.16. The van der Waals surface area contributed by atoms with Crippen molar-refractivity contribution in [3.63, 3.8) is 0 Å². The van der Waals surface area contributed by atoms with Gasteiger partial charge in [-0.25, -0.2) is 13.2 Å². The van der Waals surface area contributed by atoms with Gasteiger partial charge in [0.2, 0.25) is 0 Å². The minimum absolute atomic E-state index is 0.00588. The largest absolute Gasteiger partial charge is 0.366 e. The molecule has 1 aromatic carbocycles. The highest BCUT2D eigenvalue weighted by Gasteiger charge is 2.35. The number of aromatic nitrogens is 1. The van der Waals surface area contributed by atoms with Crippen LogP contribution < -0.4 is 0 Å². The van der Waals surface area contributed by atoms with Crippen LogP contribution in [0.4, 0.5) is 17.6 Å². The number of aryl methyl sites for hydroxylation is 1. The summed E-state index contributed by atoms with van der Waals surface area (Å²) in [5, 5.41) is -0.00588. The monoisotopic (exact) mass is 301 g/mol. The quantitative estimate of drug-likeness (QED) is 0.626. The fraction of sp³-hybridized carbons (Fsp3) is 0.357. The Bertz CT molecular complexity index is 711. The molecule has 7 heteroatoms. The normalized spacial score (nSPS) is 18.8. The predicted molar refractivity (Wildman–Crippen MR) is 66.6 cm³/mol. The number of hydrogen-bond donors (Lipinski definition) is 0. The van der Waals surface area contributed by atoms with Crippen LogP contribution in [0.5, 0.6) is 0 Å². The average Bonchev–Trinajstić information content (AvgIpc) is 2.57. The fourth-order valence-electron chi connectivity index (χ4n) is 2.79. The Morgan fingerprint density at radius 2 is 2.14 bits per heavy atom. The van der Waals surface area contributed by atoms with E-state index in [0.29, 0.717) is 18.5 Å². The van der Waals surface area contributed by atoms with Crippen molar-refractivity contribution in [2.24, 2.45) is 0 Å². The molecule has 0 radical (unpaired) electrons. The second kappa shape index (κ2) is 5.14. The third-order valence-corrected chi connectivity index (χ3v) is 3.58. The van der Waals surface area contributed by atoms with Crippen molar-refractivity contribution < 1.29 is 27.1 Å². The summed E-state index contributed by atoms with van der Waals surface area (Å²) in [6, 6.07) is 1.61. The third-order valence-electron chi connectivity index (χ3n) is 3.58. The first-order valence-electron chi connectivity index (χ1n) is 6.42. The molecular formula is C14H11F4NO2. The van der Waals surface area contributed by atoms with Gasteiger partial charge in [-0.05, 0) is 24.6 Å². The van der Waals surface area contributed by atoms with E-state index in [-0.39, 0.29) is 17.7 Å². The molecule has 1 aliphatic heterocycles. The van der Waals surface area contributed by atoms with Gasteiger partial charge in [0.25, 0.3) is 6.43 Å². The van der Waals surface area contributed by atoms with E-state index in [0.717, 1.165) is 12.1 Å². The van der Waals surface area contributed by atoms with E-state index in [9.17, 15) is 22.4 Å². The first-order valence-corrected chi connectivity index (χ1v) is 6.42. The molecule has 1 atom stereocenters. The molecule has 21 heavy (non-hydrogen) atoms. The zero-order valence-electron chi connectivity index (χ0n) is 10.8. The number of hydrogen-bond acceptors (Lipinski definition) is 2. The first-order chi connectivity index (χ1) is 10.0. The summed E-state index contributed by atoms with van der Waals surface area (Å²) in [6.45, 7) is 0.382. The molecular weight excluding hydrogens is 290 g/mol. The zero-order chi connectivity index (χ0) is 15.1. The van der Waals surface area contributed by atoms with E-state index in [1.54, 1.807) is 0 Å². The molecule has 0 amide bonds. The molecule has 0 saturated carbocycles. The number of ether oxygens (including phenoxy) is 1. The van der Waals surface area contributed by atoms with Crippen molar-refractivity contribution in [3.8, 4) is 0 Å². The minimum atomic E-state index is -2.91. The number of benzene rings is 1. The van der Waals surface area contributed by atoms with Gasteiger partial charge in [0.1, 0.15) is 5.82 Å². The van der Waals surface area contributed by atoms with Crippen molar-refractivity contribution in [1.29, 1.82) is 0 Å². The first kappa shape index (κ1) is 14.1. The third kappa shape index (κ3) is 2.21. The lowest BCUT2D eigenvalue weighted by Crippen LogP contribution is -2.17. The Balaban J connectivity index is 2.38. The van der Waals surface area contributed by atoms with Crippen LogP contribution in [-0.2, 0) is 11.3 Å². The molecule has 0 fully saturated rings. The van der Waals surface area contributed by atoms with Crippen LogP contribution in [-0.4, -0.2) is 23.6 Å². The number of rotatable bonds is 2. The molecule has 1 unspecified atom stereocenters. The maximum absolute atomic E-state index is 13.4. The molecule has 2 aromatic rings. The van der Waals surface area contributed by atoms with Crippen molar-refractivity contribution in [2.45, 2.75) is 25.5 Å². The summed E-state index contributed by atoms with van der Waals surface area (Å²) in [5.41, 5.74) is -0.393. The van der Waals surface area contributed by atoms with E-state index < -0.39 is 29.9 Å². The van der Waals surface area contributed by atoms with Gasteiger partial charge in [-0.15, -0.1) is 0 Å². The smallest absolute Gasteiger partial charge is 0.334 e. The highest BCUT2D eigenvalue weighted by molar-refractivity contribution is 6.05. The van der Waals surface area contributed by atoms with Crippen LogP contribution in [0.15, 0.2) is 18.2 Å². The fourth-order valence-corrected chi connectivity index (χ4v) is 2.79. The molecule has 0 N–H and O–H groups in total. The molecule has 112 valence electrons. The van der Waals surface area contributed by atoms with Crippen LogP contribution in [0, 0.1) is 5.82 Å². The Labute approximate surface area is 117 Å². The number of carbonyl (C=O) groups excluding carboxylic acids is 1. The number of carbonyl (C=O) groups is 1. The number of nitrogens with zero attached hydrogens (tertiary/aromatic N) is 1. The molecule has 0 spiro atoms. The summed E-state index contributed by atoms with van der Waals surface area (Å²) in [4.78, 5) is 11.3. The van der Waals surface area contributed by atoms with E-state index in [2.05, 4.69) is 0 Å². The lowest BCUT2D eigenvalue weighted by atomic mass is 10.1. The summed E-state index contributed by atoms with van der Waals surface area (Å²) >= 11 is 0. The lowest BCUT2D eigenvalue weighted by molar-refractivity contribution is -0.0566. The Hall–Kier alpha value is -1.89.